The van der Waals surface area contributed by atoms with Crippen LogP contribution in [0.1, 0.15) is 0 Å². The lowest BCUT2D eigenvalue weighted by Gasteiger charge is -1.77. The maximum absolute atomic E-state index is 10.4. The lowest BCUT2D eigenvalue weighted by Crippen LogP contribution is -1.94. The Kier molecular flexibility index (Phi) is 3.88. The van der Waals surface area contributed by atoms with E-state index in [-0.39, 0.29) is 12.3 Å². The highest BCUT2D eigenvalue weighted by molar-refractivity contribution is 5.91. The number of carbonyl (C=O) groups is 1. The van der Waals surface area contributed by atoms with Gasteiger partial charge < -0.3 is 0 Å². The van der Waals surface area contributed by atoms with Gasteiger partial charge >= 0.3 is 0 Å². The molecule has 0 saturated carbocycles. The second-order valence-electron chi connectivity index (χ2n) is 1.20. The first-order valence-corrected chi connectivity index (χ1v) is 2.20. The maximum Gasteiger partial charge on any atom is 0.169 e. The van der Waals surface area contributed by atoms with Crippen molar-refractivity contribution in [2.45, 2.75) is 0 Å². The predicted octanol–water partition coefficient (Wildman–Crippen LogP) is 1.21. The molecular formula is C5H5N3O. The van der Waals surface area contributed by atoms with Crippen LogP contribution in [0.5, 0.6) is 0 Å². The van der Waals surface area contributed by atoms with Crippen LogP contribution in [-0.4, -0.2) is 12.3 Å². The van der Waals surface area contributed by atoms with E-state index in [9.17, 15) is 4.79 Å². The van der Waals surface area contributed by atoms with Crippen molar-refractivity contribution in [2.75, 3.05) is 6.54 Å². The molecule has 0 saturated heterocycles. The molecule has 0 aromatic heterocycles. The second-order valence-corrected chi connectivity index (χ2v) is 1.20. The number of rotatable bonds is 3. The van der Waals surface area contributed by atoms with Crippen molar-refractivity contribution in [1.82, 2.24) is 0 Å². The molecule has 0 heterocycles. The number of nitrogens with zero attached hydrogens (tertiary/aromatic N) is 3. The van der Waals surface area contributed by atoms with E-state index >= 15 is 0 Å². The maximum atomic E-state index is 10.4. The number of hydrogen-bond acceptors (Lipinski definition) is 2. The quantitative estimate of drug-likeness (QED) is 0.183. The van der Waals surface area contributed by atoms with E-state index < -0.39 is 0 Å². The van der Waals surface area contributed by atoms with Crippen molar-refractivity contribution in [3.63, 3.8) is 0 Å². The van der Waals surface area contributed by atoms with Gasteiger partial charge in [0.25, 0.3) is 0 Å². The normalized spacial score (nSPS) is 6.67. The number of hydrogen-bond donors (Lipinski definition) is 0. The molecule has 0 spiro atoms. The fraction of sp³-hybridized carbons (Fsp3) is 0.200. The van der Waals surface area contributed by atoms with Crippen LogP contribution in [0.15, 0.2) is 23.5 Å². The number of carbonyl (C=O) groups excluding carboxylic acids is 1. The van der Waals surface area contributed by atoms with Crippen LogP contribution in [-0.2, 0) is 4.79 Å². The second kappa shape index (κ2) is 4.65. The summed E-state index contributed by atoms with van der Waals surface area (Å²) < 4.78 is 0. The molecule has 0 aliphatic carbocycles. The smallest absolute Gasteiger partial charge is 0.169 e. The predicted molar refractivity (Wildman–Crippen MR) is 32.7 cm³/mol. The summed E-state index contributed by atoms with van der Waals surface area (Å²) in [5.41, 5.74) is 10.0. The Bertz CT molecular complexity index is 196. The van der Waals surface area contributed by atoms with Gasteiger partial charge in [0.05, 0.1) is 6.54 Å². The molecule has 46 valence electrons. The van der Waals surface area contributed by atoms with E-state index in [1.165, 1.54) is 0 Å². The first-order valence-electron chi connectivity index (χ1n) is 2.20. The highest BCUT2D eigenvalue weighted by Gasteiger charge is 1.88. The fourth-order valence-corrected chi connectivity index (χ4v) is 0.261. The molecule has 0 radical (unpaired) electrons. The Hall–Kier alpha value is -1.50. The van der Waals surface area contributed by atoms with E-state index in [1.807, 2.05) is 0 Å². The van der Waals surface area contributed by atoms with Crippen LogP contribution in [0.2, 0.25) is 0 Å². The third kappa shape index (κ3) is 4.35. The highest BCUT2D eigenvalue weighted by Crippen LogP contribution is 1.76. The first kappa shape index (κ1) is 7.50. The first-order chi connectivity index (χ1) is 4.31. The summed E-state index contributed by atoms with van der Waals surface area (Å²) in [6.07, 6.45) is 1.13. The van der Waals surface area contributed by atoms with Crippen molar-refractivity contribution < 1.29 is 4.79 Å². The van der Waals surface area contributed by atoms with Gasteiger partial charge in [-0.05, 0) is 5.53 Å². The molecular weight excluding hydrogens is 118 g/mol. The van der Waals surface area contributed by atoms with Crippen LogP contribution in [0.3, 0.4) is 0 Å². The minimum atomic E-state index is -0.289. The minimum absolute atomic E-state index is 0.154. The van der Waals surface area contributed by atoms with Gasteiger partial charge in [-0.3, -0.25) is 4.79 Å². The van der Waals surface area contributed by atoms with E-state index in [0.29, 0.717) is 0 Å². The molecule has 0 aromatic rings. The third-order valence-electron chi connectivity index (χ3n) is 0.553. The lowest BCUT2D eigenvalue weighted by atomic mass is 10.4. The van der Waals surface area contributed by atoms with Crippen molar-refractivity contribution in [2.24, 2.45) is 5.11 Å². The van der Waals surface area contributed by atoms with Crippen molar-refractivity contribution >= 4 is 5.78 Å². The van der Waals surface area contributed by atoms with Gasteiger partial charge in [-0.25, -0.2) is 0 Å². The Morgan fingerprint density at radius 1 is 2.00 bits per heavy atom. The summed E-state index contributed by atoms with van der Waals surface area (Å²) in [5.74, 6) is -0.289. The number of ketones is 1. The summed E-state index contributed by atoms with van der Waals surface area (Å²) in [6.45, 7) is 3.02. The summed E-state index contributed by atoms with van der Waals surface area (Å²) in [6, 6.07) is 0. The molecule has 0 aliphatic rings. The molecule has 0 fully saturated rings. The summed E-state index contributed by atoms with van der Waals surface area (Å²) >= 11 is 0. The van der Waals surface area contributed by atoms with Crippen molar-refractivity contribution in [3.8, 4) is 0 Å². The summed E-state index contributed by atoms with van der Waals surface area (Å²) in [4.78, 5) is 12.8. The molecule has 0 aromatic carbocycles. The van der Waals surface area contributed by atoms with E-state index in [1.54, 1.807) is 0 Å². The molecule has 4 nitrogen and oxygen atoms in total. The molecule has 0 aliphatic heterocycles. The van der Waals surface area contributed by atoms with Crippen LogP contribution >= 0.6 is 0 Å². The Morgan fingerprint density at radius 2 is 2.67 bits per heavy atom. The van der Waals surface area contributed by atoms with Gasteiger partial charge in [0.15, 0.2) is 5.78 Å². The Balaban J connectivity index is 3.77. The van der Waals surface area contributed by atoms with E-state index in [2.05, 4.69) is 22.3 Å². The third-order valence-corrected chi connectivity index (χ3v) is 0.553. The molecule has 0 amide bonds. The molecule has 0 rings (SSSR count). The van der Waals surface area contributed by atoms with Crippen LogP contribution in [0, 0.1) is 0 Å². The van der Waals surface area contributed by atoms with Gasteiger partial charge in [0, 0.05) is 11.0 Å². The van der Waals surface area contributed by atoms with E-state index in [4.69, 9.17) is 5.53 Å². The van der Waals surface area contributed by atoms with Crippen LogP contribution < -0.4 is 0 Å². The van der Waals surface area contributed by atoms with Crippen molar-refractivity contribution in [1.29, 1.82) is 0 Å². The number of azide groups is 1. The van der Waals surface area contributed by atoms with Gasteiger partial charge in [-0.2, -0.15) is 0 Å². The monoisotopic (exact) mass is 123 g/mol. The molecule has 0 N–H and O–H groups in total. The van der Waals surface area contributed by atoms with E-state index in [0.717, 1.165) is 6.08 Å². The van der Waals surface area contributed by atoms with Gasteiger partial charge in [0.1, 0.15) is 0 Å². The zero-order chi connectivity index (χ0) is 7.11. The SMILES string of the molecule is C=C=CC(=O)CN=[N+]=[N-]. The Labute approximate surface area is 52.1 Å². The zero-order valence-corrected chi connectivity index (χ0v) is 4.74. The fourth-order valence-electron chi connectivity index (χ4n) is 0.261. The van der Waals surface area contributed by atoms with Crippen molar-refractivity contribution in [3.05, 3.63) is 28.8 Å². The standard InChI is InChI=1S/C5H5N3O/c1-2-3-5(9)4-7-8-6/h3H,1,4H2. The Morgan fingerprint density at radius 3 is 3.11 bits per heavy atom. The van der Waals surface area contributed by atoms with Crippen LogP contribution in [0.25, 0.3) is 10.4 Å². The summed E-state index contributed by atoms with van der Waals surface area (Å²) in [5, 5.41) is 3.02. The molecule has 9 heavy (non-hydrogen) atoms. The minimum Gasteiger partial charge on any atom is -0.294 e. The largest absolute Gasteiger partial charge is 0.294 e. The zero-order valence-electron chi connectivity index (χ0n) is 4.74. The molecule has 0 bridgehead atoms. The molecule has 4 heteroatoms. The van der Waals surface area contributed by atoms with Crippen LogP contribution in [0.4, 0.5) is 0 Å². The topological polar surface area (TPSA) is 65.8 Å². The summed E-state index contributed by atoms with van der Waals surface area (Å²) in [7, 11) is 0. The average molecular weight is 123 g/mol. The lowest BCUT2D eigenvalue weighted by molar-refractivity contribution is -0.113. The van der Waals surface area contributed by atoms with Gasteiger partial charge in [-0.1, -0.05) is 11.7 Å². The van der Waals surface area contributed by atoms with Gasteiger partial charge in [0.2, 0.25) is 0 Å². The molecule has 0 unspecified atom stereocenters. The average Bonchev–Trinajstić information content (AvgIpc) is 1.85. The molecule has 0 atom stereocenters. The van der Waals surface area contributed by atoms with Gasteiger partial charge in [-0.15, -0.1) is 5.73 Å². The highest BCUT2D eigenvalue weighted by atomic mass is 16.1.